The summed E-state index contributed by atoms with van der Waals surface area (Å²) in [6.45, 7) is 1.96. The highest BCUT2D eigenvalue weighted by Gasteiger charge is 2.10. The van der Waals surface area contributed by atoms with Crippen LogP contribution in [0.5, 0.6) is 0 Å². The van der Waals surface area contributed by atoms with E-state index in [1.807, 2.05) is 24.4 Å². The number of hydrogen-bond acceptors (Lipinski definition) is 3. The number of thiophene rings is 1. The highest BCUT2D eigenvalue weighted by molar-refractivity contribution is 7.13. The van der Waals surface area contributed by atoms with Gasteiger partial charge in [-0.05, 0) is 23.9 Å². The first-order valence-electron chi connectivity index (χ1n) is 4.47. The van der Waals surface area contributed by atoms with E-state index in [0.717, 1.165) is 16.0 Å². The van der Waals surface area contributed by atoms with Gasteiger partial charge in [-0.15, -0.1) is 11.3 Å². The summed E-state index contributed by atoms with van der Waals surface area (Å²) in [5, 5.41) is 12.6. The molecule has 76 valence electrons. The summed E-state index contributed by atoms with van der Waals surface area (Å²) in [7, 11) is 0. The molecular formula is C11H9NO2S. The molecule has 1 aromatic heterocycles. The fraction of sp³-hybridized carbons (Fsp3) is 0.0909. The molecule has 0 amide bonds. The molecule has 0 N–H and O–H groups in total. The van der Waals surface area contributed by atoms with Crippen molar-refractivity contribution in [2.75, 3.05) is 0 Å². The number of benzene rings is 1. The van der Waals surface area contributed by atoms with Crippen molar-refractivity contribution in [3.63, 3.8) is 0 Å². The predicted octanol–water partition coefficient (Wildman–Crippen LogP) is 3.63. The van der Waals surface area contributed by atoms with Crippen LogP contribution in [0.15, 0.2) is 35.7 Å². The quantitative estimate of drug-likeness (QED) is 0.571. The van der Waals surface area contributed by atoms with E-state index in [1.165, 1.54) is 6.07 Å². The first-order chi connectivity index (χ1) is 7.18. The zero-order valence-corrected chi connectivity index (χ0v) is 8.95. The summed E-state index contributed by atoms with van der Waals surface area (Å²) in [5.41, 5.74) is 2.14. The summed E-state index contributed by atoms with van der Waals surface area (Å²) >= 11 is 1.59. The van der Waals surface area contributed by atoms with E-state index >= 15 is 0 Å². The van der Waals surface area contributed by atoms with Crippen LogP contribution in [-0.4, -0.2) is 4.92 Å². The molecule has 0 fully saturated rings. The lowest BCUT2D eigenvalue weighted by atomic mass is 10.1. The normalized spacial score (nSPS) is 10.2. The van der Waals surface area contributed by atoms with Gasteiger partial charge in [0, 0.05) is 22.6 Å². The molecule has 0 radical (unpaired) electrons. The van der Waals surface area contributed by atoms with Gasteiger partial charge in [0.1, 0.15) is 0 Å². The van der Waals surface area contributed by atoms with Gasteiger partial charge in [0.15, 0.2) is 0 Å². The number of nitro groups is 1. The molecular weight excluding hydrogens is 210 g/mol. The third-order valence-corrected chi connectivity index (χ3v) is 3.12. The average Bonchev–Trinajstić information content (AvgIpc) is 2.71. The van der Waals surface area contributed by atoms with Crippen LogP contribution >= 0.6 is 11.3 Å². The van der Waals surface area contributed by atoms with Crippen LogP contribution in [0.25, 0.3) is 10.4 Å². The van der Waals surface area contributed by atoms with Gasteiger partial charge in [0.2, 0.25) is 0 Å². The van der Waals surface area contributed by atoms with E-state index in [2.05, 4.69) is 0 Å². The fourth-order valence-electron chi connectivity index (χ4n) is 1.42. The van der Waals surface area contributed by atoms with Crippen molar-refractivity contribution in [2.45, 2.75) is 6.92 Å². The second kappa shape index (κ2) is 3.82. The Morgan fingerprint density at radius 1 is 1.33 bits per heavy atom. The maximum Gasteiger partial charge on any atom is 0.270 e. The molecule has 2 aromatic rings. The van der Waals surface area contributed by atoms with Crippen molar-refractivity contribution >= 4 is 17.0 Å². The minimum atomic E-state index is -0.365. The fourth-order valence-corrected chi connectivity index (χ4v) is 2.23. The van der Waals surface area contributed by atoms with E-state index in [-0.39, 0.29) is 10.6 Å². The van der Waals surface area contributed by atoms with Crippen LogP contribution in [0.3, 0.4) is 0 Å². The van der Waals surface area contributed by atoms with E-state index in [4.69, 9.17) is 0 Å². The summed E-state index contributed by atoms with van der Waals surface area (Å²) in [5.74, 6) is 0. The molecule has 3 nitrogen and oxygen atoms in total. The third kappa shape index (κ3) is 1.89. The zero-order chi connectivity index (χ0) is 10.8. The highest BCUT2D eigenvalue weighted by Crippen LogP contribution is 2.30. The number of nitro benzene ring substituents is 1. The molecule has 0 aliphatic carbocycles. The number of rotatable bonds is 2. The molecule has 0 bridgehead atoms. The van der Waals surface area contributed by atoms with Crippen molar-refractivity contribution < 1.29 is 4.92 Å². The lowest BCUT2D eigenvalue weighted by Gasteiger charge is -2.02. The van der Waals surface area contributed by atoms with Gasteiger partial charge in [-0.2, -0.15) is 0 Å². The summed E-state index contributed by atoms with van der Waals surface area (Å²) in [4.78, 5) is 11.3. The van der Waals surface area contributed by atoms with Gasteiger partial charge in [-0.3, -0.25) is 10.1 Å². The van der Waals surface area contributed by atoms with Crippen molar-refractivity contribution in [2.24, 2.45) is 0 Å². The molecule has 0 saturated heterocycles. The molecule has 1 aromatic carbocycles. The van der Waals surface area contributed by atoms with E-state index in [9.17, 15) is 10.1 Å². The number of nitrogens with zero attached hydrogens (tertiary/aromatic N) is 1. The number of non-ortho nitro benzene ring substituents is 1. The Kier molecular flexibility index (Phi) is 2.51. The minimum absolute atomic E-state index is 0.143. The Morgan fingerprint density at radius 3 is 2.73 bits per heavy atom. The Bertz CT molecular complexity index is 491. The molecule has 0 aliphatic heterocycles. The molecule has 2 rings (SSSR count). The van der Waals surface area contributed by atoms with Gasteiger partial charge in [-0.25, -0.2) is 0 Å². The van der Waals surface area contributed by atoms with Crippen LogP contribution in [0.1, 0.15) is 5.56 Å². The predicted molar refractivity (Wildman–Crippen MR) is 61.1 cm³/mol. The van der Waals surface area contributed by atoms with E-state index in [1.54, 1.807) is 23.5 Å². The molecule has 15 heavy (non-hydrogen) atoms. The van der Waals surface area contributed by atoms with Crippen molar-refractivity contribution in [1.82, 2.24) is 0 Å². The maximum absolute atomic E-state index is 10.6. The smallest absolute Gasteiger partial charge is 0.258 e. The average molecular weight is 219 g/mol. The van der Waals surface area contributed by atoms with Gasteiger partial charge in [0.05, 0.1) is 4.92 Å². The van der Waals surface area contributed by atoms with Crippen LogP contribution in [0.4, 0.5) is 5.69 Å². The third-order valence-electron chi connectivity index (χ3n) is 2.22. The topological polar surface area (TPSA) is 43.1 Å². The Morgan fingerprint density at radius 2 is 2.13 bits per heavy atom. The van der Waals surface area contributed by atoms with Gasteiger partial charge >= 0.3 is 0 Å². The van der Waals surface area contributed by atoms with Gasteiger partial charge < -0.3 is 0 Å². The molecule has 0 atom stereocenters. The van der Waals surface area contributed by atoms with Crippen molar-refractivity contribution in [3.05, 3.63) is 51.4 Å². The maximum atomic E-state index is 10.6. The highest BCUT2D eigenvalue weighted by atomic mass is 32.1. The first kappa shape index (κ1) is 9.86. The monoisotopic (exact) mass is 219 g/mol. The lowest BCUT2D eigenvalue weighted by molar-refractivity contribution is -0.384. The molecule has 0 saturated carbocycles. The van der Waals surface area contributed by atoms with Gasteiger partial charge in [-0.1, -0.05) is 12.1 Å². The zero-order valence-electron chi connectivity index (χ0n) is 8.14. The molecule has 0 aliphatic rings. The Labute approximate surface area is 91.1 Å². The molecule has 1 heterocycles. The van der Waals surface area contributed by atoms with Crippen LogP contribution < -0.4 is 0 Å². The van der Waals surface area contributed by atoms with Crippen molar-refractivity contribution in [3.8, 4) is 10.4 Å². The standard InChI is InChI=1S/C11H9NO2S/c1-8-4-5-9(12(13)14)7-10(8)11-3-2-6-15-11/h2-7H,1H3. The Hall–Kier alpha value is -1.68. The number of aryl methyl sites for hydroxylation is 1. The number of hydrogen-bond donors (Lipinski definition) is 0. The summed E-state index contributed by atoms with van der Waals surface area (Å²) < 4.78 is 0. The van der Waals surface area contributed by atoms with Crippen LogP contribution in [-0.2, 0) is 0 Å². The van der Waals surface area contributed by atoms with Crippen LogP contribution in [0.2, 0.25) is 0 Å². The summed E-state index contributed by atoms with van der Waals surface area (Å²) in [6, 6.07) is 8.86. The second-order valence-electron chi connectivity index (χ2n) is 3.23. The molecule has 0 spiro atoms. The van der Waals surface area contributed by atoms with E-state index in [0.29, 0.717) is 0 Å². The van der Waals surface area contributed by atoms with Crippen molar-refractivity contribution in [1.29, 1.82) is 0 Å². The summed E-state index contributed by atoms with van der Waals surface area (Å²) in [6.07, 6.45) is 0. The first-order valence-corrected chi connectivity index (χ1v) is 5.35. The van der Waals surface area contributed by atoms with E-state index < -0.39 is 0 Å². The lowest BCUT2D eigenvalue weighted by Crippen LogP contribution is -1.89. The second-order valence-corrected chi connectivity index (χ2v) is 4.18. The SMILES string of the molecule is Cc1ccc([N+](=O)[O-])cc1-c1cccs1. The Balaban J connectivity index is 2.55. The minimum Gasteiger partial charge on any atom is -0.258 e. The van der Waals surface area contributed by atoms with Crippen LogP contribution in [0, 0.1) is 17.0 Å². The molecule has 0 unspecified atom stereocenters. The molecule has 4 heteroatoms. The largest absolute Gasteiger partial charge is 0.270 e. The van der Waals surface area contributed by atoms with Gasteiger partial charge in [0.25, 0.3) is 5.69 Å².